The molecule has 0 radical (unpaired) electrons. The summed E-state index contributed by atoms with van der Waals surface area (Å²) in [6, 6.07) is 7.40. The average Bonchev–Trinajstić information content (AvgIpc) is 2.48. The minimum Gasteiger partial charge on any atom is -0.487 e. The van der Waals surface area contributed by atoms with Crippen LogP contribution in [0.3, 0.4) is 0 Å². The van der Waals surface area contributed by atoms with Crippen LogP contribution in [0.2, 0.25) is 0 Å². The number of rotatable bonds is 3. The van der Waals surface area contributed by atoms with Gasteiger partial charge in [-0.25, -0.2) is 13.4 Å². The quantitative estimate of drug-likeness (QED) is 0.805. The summed E-state index contributed by atoms with van der Waals surface area (Å²) < 4.78 is 28.8. The number of aryl methyl sites for hydroxylation is 1. The van der Waals surface area contributed by atoms with Crippen molar-refractivity contribution in [3.05, 3.63) is 39.8 Å². The Morgan fingerprint density at radius 2 is 2.18 bits per heavy atom. The van der Waals surface area contributed by atoms with Crippen molar-refractivity contribution in [1.82, 2.24) is 0 Å². The summed E-state index contributed by atoms with van der Waals surface area (Å²) in [7, 11) is -3.40. The molecule has 0 saturated carbocycles. The number of sulfone groups is 1. The highest BCUT2D eigenvalue weighted by Gasteiger charge is 2.24. The summed E-state index contributed by atoms with van der Waals surface area (Å²) in [5.74, 6) is 0.630. The highest BCUT2D eigenvalue weighted by molar-refractivity contribution is 9.11. The first-order chi connectivity index (χ1) is 7.97. The lowest BCUT2D eigenvalue weighted by Gasteiger charge is -2.06. The van der Waals surface area contributed by atoms with Crippen LogP contribution < -0.4 is 4.74 Å². The Bertz CT molecular complexity index is 605. The van der Waals surface area contributed by atoms with Crippen molar-refractivity contribution in [2.75, 3.05) is 6.61 Å². The van der Waals surface area contributed by atoms with Gasteiger partial charge in [0, 0.05) is 0 Å². The van der Waals surface area contributed by atoms with Gasteiger partial charge in [-0.05, 0) is 40.5 Å². The van der Waals surface area contributed by atoms with Gasteiger partial charge in [0.1, 0.15) is 17.0 Å². The molecular formula is C11H10BrNO3S. The predicted octanol–water partition coefficient (Wildman–Crippen LogP) is 2.39. The summed E-state index contributed by atoms with van der Waals surface area (Å²) in [4.78, 5) is 3.86. The average molecular weight is 316 g/mol. The van der Waals surface area contributed by atoms with Crippen LogP contribution >= 0.6 is 15.9 Å². The van der Waals surface area contributed by atoms with E-state index in [9.17, 15) is 8.42 Å². The number of hydrogen-bond donors (Lipinski definition) is 0. The molecular weight excluding hydrogens is 306 g/mol. The largest absolute Gasteiger partial charge is 0.487 e. The summed E-state index contributed by atoms with van der Waals surface area (Å²) in [5, 5.41) is 1.09. The molecule has 0 bridgehead atoms. The monoisotopic (exact) mass is 315 g/mol. The van der Waals surface area contributed by atoms with Crippen LogP contribution in [0.25, 0.3) is 0 Å². The Kier molecular flexibility index (Phi) is 3.35. The Morgan fingerprint density at radius 3 is 2.76 bits per heavy atom. The van der Waals surface area contributed by atoms with Crippen LogP contribution in [-0.4, -0.2) is 20.1 Å². The molecule has 6 heteroatoms. The highest BCUT2D eigenvalue weighted by Crippen LogP contribution is 2.20. The molecule has 1 aromatic rings. The van der Waals surface area contributed by atoms with E-state index < -0.39 is 9.84 Å². The Balaban J connectivity index is 2.08. The van der Waals surface area contributed by atoms with Crippen molar-refractivity contribution in [3.63, 3.8) is 0 Å². The molecule has 0 saturated heterocycles. The summed E-state index contributed by atoms with van der Waals surface area (Å²) >= 11 is 3.03. The van der Waals surface area contributed by atoms with Crippen molar-refractivity contribution in [2.24, 2.45) is 4.99 Å². The Hall–Kier alpha value is -1.14. The zero-order valence-electron chi connectivity index (χ0n) is 9.05. The maximum Gasteiger partial charge on any atom is 0.219 e. The first kappa shape index (κ1) is 12.3. The van der Waals surface area contributed by atoms with Gasteiger partial charge in [0.15, 0.2) is 5.04 Å². The maximum atomic E-state index is 11.5. The number of nitrogens with zero attached hydrogens (tertiary/aromatic N) is 1. The van der Waals surface area contributed by atoms with Crippen molar-refractivity contribution in [2.45, 2.75) is 6.92 Å². The van der Waals surface area contributed by atoms with E-state index in [1.807, 2.05) is 25.1 Å². The molecule has 4 nitrogen and oxygen atoms in total. The summed E-state index contributed by atoms with van der Waals surface area (Å²) in [5.41, 5.74) is 1.05. The molecule has 0 aromatic heterocycles. The molecule has 90 valence electrons. The van der Waals surface area contributed by atoms with E-state index in [1.165, 1.54) is 0 Å². The van der Waals surface area contributed by atoms with E-state index in [1.54, 1.807) is 6.07 Å². The normalized spacial score (nSPS) is 17.5. The SMILES string of the molecule is Cc1cccc(OCC2=NC(Br)=CS2(=O)=O)c1. The van der Waals surface area contributed by atoms with Gasteiger partial charge < -0.3 is 4.74 Å². The third-order valence-electron chi connectivity index (χ3n) is 2.16. The molecule has 0 aliphatic carbocycles. The Morgan fingerprint density at radius 1 is 1.41 bits per heavy atom. The minimum atomic E-state index is -3.40. The van der Waals surface area contributed by atoms with E-state index in [-0.39, 0.29) is 11.7 Å². The first-order valence-electron chi connectivity index (χ1n) is 4.87. The van der Waals surface area contributed by atoms with Crippen LogP contribution in [-0.2, 0) is 9.84 Å². The molecule has 17 heavy (non-hydrogen) atoms. The first-order valence-corrected chi connectivity index (χ1v) is 7.21. The molecule has 1 aromatic carbocycles. The number of hydrogen-bond acceptors (Lipinski definition) is 4. The fourth-order valence-corrected chi connectivity index (χ4v) is 3.33. The highest BCUT2D eigenvalue weighted by atomic mass is 79.9. The molecule has 1 aliphatic heterocycles. The van der Waals surface area contributed by atoms with Gasteiger partial charge in [0.25, 0.3) is 0 Å². The van der Waals surface area contributed by atoms with Crippen LogP contribution in [0, 0.1) is 6.92 Å². The van der Waals surface area contributed by atoms with E-state index in [4.69, 9.17) is 4.74 Å². The second kappa shape index (κ2) is 4.62. The van der Waals surface area contributed by atoms with Gasteiger partial charge in [-0.3, -0.25) is 0 Å². The van der Waals surface area contributed by atoms with E-state index in [2.05, 4.69) is 20.9 Å². The molecule has 0 atom stereocenters. The molecule has 2 rings (SSSR count). The number of benzene rings is 1. The predicted molar refractivity (Wildman–Crippen MR) is 70.0 cm³/mol. The molecule has 0 amide bonds. The van der Waals surface area contributed by atoms with Crippen LogP contribution in [0.5, 0.6) is 5.75 Å². The minimum absolute atomic E-state index is 0.0193. The summed E-state index contributed by atoms with van der Waals surface area (Å²) in [6.07, 6.45) is 0. The molecule has 0 spiro atoms. The fourth-order valence-electron chi connectivity index (χ4n) is 1.37. The van der Waals surface area contributed by atoms with Crippen molar-refractivity contribution in [3.8, 4) is 5.75 Å². The fraction of sp³-hybridized carbons (Fsp3) is 0.182. The van der Waals surface area contributed by atoms with Crippen molar-refractivity contribution >= 4 is 30.8 Å². The zero-order valence-corrected chi connectivity index (χ0v) is 11.5. The molecule has 1 aliphatic rings. The van der Waals surface area contributed by atoms with Gasteiger partial charge >= 0.3 is 0 Å². The van der Waals surface area contributed by atoms with Crippen molar-refractivity contribution < 1.29 is 13.2 Å². The van der Waals surface area contributed by atoms with Crippen molar-refractivity contribution in [1.29, 1.82) is 0 Å². The second-order valence-electron chi connectivity index (χ2n) is 3.60. The van der Waals surface area contributed by atoms with Gasteiger partial charge in [0.05, 0.1) is 5.41 Å². The third-order valence-corrected chi connectivity index (χ3v) is 4.27. The standard InChI is InChI=1S/C11H10BrNO3S/c1-8-3-2-4-9(5-8)16-6-11-13-10(12)7-17(11,14)15/h2-5,7H,6H2,1H3. The second-order valence-corrected chi connectivity index (χ2v) is 6.21. The Labute approximate surface area is 108 Å². The van der Waals surface area contributed by atoms with Gasteiger partial charge in [-0.1, -0.05) is 12.1 Å². The smallest absolute Gasteiger partial charge is 0.219 e. The topological polar surface area (TPSA) is 55.7 Å². The maximum absolute atomic E-state index is 11.5. The number of halogens is 1. The molecule has 1 heterocycles. The van der Waals surface area contributed by atoms with Gasteiger partial charge in [0.2, 0.25) is 9.84 Å². The van der Waals surface area contributed by atoms with Crippen LogP contribution in [0.15, 0.2) is 39.3 Å². The zero-order chi connectivity index (χ0) is 12.5. The van der Waals surface area contributed by atoms with Crippen LogP contribution in [0.4, 0.5) is 0 Å². The third kappa shape index (κ3) is 2.95. The summed E-state index contributed by atoms with van der Waals surface area (Å²) in [6.45, 7) is 1.88. The van der Waals surface area contributed by atoms with Gasteiger partial charge in [-0.15, -0.1) is 0 Å². The van der Waals surface area contributed by atoms with E-state index in [0.29, 0.717) is 10.4 Å². The van der Waals surface area contributed by atoms with Crippen LogP contribution in [0.1, 0.15) is 5.56 Å². The number of aliphatic imine (C=N–C) groups is 1. The van der Waals surface area contributed by atoms with E-state index >= 15 is 0 Å². The molecule has 0 unspecified atom stereocenters. The molecule has 0 fully saturated rings. The lowest BCUT2D eigenvalue weighted by atomic mass is 10.2. The number of ether oxygens (including phenoxy) is 1. The lowest BCUT2D eigenvalue weighted by molar-refractivity contribution is 0.378. The van der Waals surface area contributed by atoms with E-state index in [0.717, 1.165) is 11.0 Å². The van der Waals surface area contributed by atoms with Gasteiger partial charge in [-0.2, -0.15) is 0 Å². The lowest BCUT2D eigenvalue weighted by Crippen LogP contribution is -2.17. The molecule has 0 N–H and O–H groups in total.